The van der Waals surface area contributed by atoms with Crippen LogP contribution in [0.2, 0.25) is 0 Å². The van der Waals surface area contributed by atoms with Crippen LogP contribution in [0.5, 0.6) is 23.0 Å². The number of aromatic carboxylic acids is 1. The first-order valence-corrected chi connectivity index (χ1v) is 7.56. The molecule has 134 valence electrons. The molecular formula is C18H15NO7. The lowest BCUT2D eigenvalue weighted by Crippen LogP contribution is -2.14. The number of hydrogen-bond donors (Lipinski definition) is 3. The number of carboxylic acids is 1. The van der Waals surface area contributed by atoms with E-state index in [1.807, 2.05) is 0 Å². The number of aldehydes is 1. The quantitative estimate of drug-likeness (QED) is 0.722. The summed E-state index contributed by atoms with van der Waals surface area (Å²) >= 11 is 0. The molecule has 2 aromatic rings. The Bertz CT molecular complexity index is 978. The zero-order valence-corrected chi connectivity index (χ0v) is 14.2. The summed E-state index contributed by atoms with van der Waals surface area (Å²) < 4.78 is 10.9. The maximum Gasteiger partial charge on any atom is 0.339 e. The van der Waals surface area contributed by atoms with Crippen LogP contribution in [0.25, 0.3) is 0 Å². The molecule has 0 saturated carbocycles. The Hall–Kier alpha value is -3.55. The van der Waals surface area contributed by atoms with Crippen molar-refractivity contribution in [2.45, 2.75) is 13.8 Å². The van der Waals surface area contributed by atoms with E-state index in [4.69, 9.17) is 9.47 Å². The van der Waals surface area contributed by atoms with Gasteiger partial charge in [0.2, 0.25) is 0 Å². The van der Waals surface area contributed by atoms with Gasteiger partial charge >= 0.3 is 5.97 Å². The van der Waals surface area contributed by atoms with E-state index < -0.39 is 11.9 Å². The van der Waals surface area contributed by atoms with E-state index in [2.05, 4.69) is 5.32 Å². The van der Waals surface area contributed by atoms with Crippen molar-refractivity contribution in [3.8, 4) is 23.0 Å². The van der Waals surface area contributed by atoms with E-state index in [0.717, 1.165) is 0 Å². The predicted molar refractivity (Wildman–Crippen MR) is 90.9 cm³/mol. The molecule has 1 aliphatic heterocycles. The van der Waals surface area contributed by atoms with Crippen molar-refractivity contribution in [1.29, 1.82) is 0 Å². The van der Waals surface area contributed by atoms with Crippen molar-refractivity contribution in [1.82, 2.24) is 0 Å². The molecule has 0 aromatic heterocycles. The minimum Gasteiger partial charge on any atom is -0.507 e. The van der Waals surface area contributed by atoms with Gasteiger partial charge in [0, 0.05) is 5.56 Å². The van der Waals surface area contributed by atoms with Crippen LogP contribution in [0.4, 0.5) is 5.69 Å². The van der Waals surface area contributed by atoms with Crippen molar-refractivity contribution >= 4 is 23.9 Å². The lowest BCUT2D eigenvalue weighted by atomic mass is 10.0. The number of phenols is 1. The number of anilines is 1. The summed E-state index contributed by atoms with van der Waals surface area (Å²) in [5.41, 5.74) is 0.499. The van der Waals surface area contributed by atoms with Crippen LogP contribution in [0, 0.1) is 13.8 Å². The Morgan fingerprint density at radius 1 is 1.27 bits per heavy atom. The predicted octanol–water partition coefficient (Wildman–Crippen LogP) is 2.89. The Kier molecular flexibility index (Phi) is 4.03. The molecule has 8 heteroatoms. The van der Waals surface area contributed by atoms with E-state index in [1.165, 1.54) is 19.2 Å². The highest BCUT2D eigenvalue weighted by molar-refractivity contribution is 6.12. The largest absolute Gasteiger partial charge is 0.507 e. The fourth-order valence-electron chi connectivity index (χ4n) is 2.93. The first-order valence-electron chi connectivity index (χ1n) is 7.56. The number of methoxy groups -OCH3 is 1. The van der Waals surface area contributed by atoms with E-state index in [1.54, 1.807) is 13.8 Å². The molecule has 0 atom stereocenters. The molecule has 3 N–H and O–H groups in total. The Balaban J connectivity index is 2.40. The summed E-state index contributed by atoms with van der Waals surface area (Å²) in [6.07, 6.45) is 0.350. The summed E-state index contributed by atoms with van der Waals surface area (Å²) in [6, 6.07) is 2.54. The maximum atomic E-state index is 12.7. The zero-order chi connectivity index (χ0) is 19.2. The molecule has 0 bridgehead atoms. The molecule has 0 unspecified atom stereocenters. The van der Waals surface area contributed by atoms with E-state index in [0.29, 0.717) is 17.4 Å². The van der Waals surface area contributed by atoms with Gasteiger partial charge in [0.05, 0.1) is 23.9 Å². The van der Waals surface area contributed by atoms with Crippen molar-refractivity contribution in [3.63, 3.8) is 0 Å². The lowest BCUT2D eigenvalue weighted by molar-refractivity contribution is 0.0693. The molecule has 0 fully saturated rings. The number of carboxylic acid groups (broad SMARTS) is 1. The van der Waals surface area contributed by atoms with Gasteiger partial charge < -0.3 is 25.0 Å². The second kappa shape index (κ2) is 6.07. The number of carbonyl (C=O) groups excluding carboxylic acids is 2. The normalized spacial score (nSPS) is 12.2. The molecule has 0 aliphatic carbocycles. The summed E-state index contributed by atoms with van der Waals surface area (Å²) in [7, 11) is 1.38. The second-order valence-electron chi connectivity index (χ2n) is 5.77. The van der Waals surface area contributed by atoms with Crippen molar-refractivity contribution < 1.29 is 34.1 Å². The fourth-order valence-corrected chi connectivity index (χ4v) is 2.93. The molecule has 1 heterocycles. The molecule has 3 rings (SSSR count). The third-order valence-electron chi connectivity index (χ3n) is 4.22. The summed E-state index contributed by atoms with van der Waals surface area (Å²) in [5.74, 6) is -2.34. The number of fused-ring (bicyclic) bond motifs is 2. The number of rotatable bonds is 3. The third kappa shape index (κ3) is 2.43. The monoisotopic (exact) mass is 357 g/mol. The fraction of sp³-hybridized carbons (Fsp3) is 0.167. The van der Waals surface area contributed by atoms with Gasteiger partial charge in [-0.05, 0) is 31.5 Å². The van der Waals surface area contributed by atoms with Crippen molar-refractivity contribution in [2.24, 2.45) is 0 Å². The van der Waals surface area contributed by atoms with Gasteiger partial charge in [-0.2, -0.15) is 0 Å². The minimum atomic E-state index is -1.30. The highest BCUT2D eigenvalue weighted by atomic mass is 16.5. The van der Waals surface area contributed by atoms with Gasteiger partial charge in [0.25, 0.3) is 5.91 Å². The number of amides is 1. The van der Waals surface area contributed by atoms with Gasteiger partial charge in [-0.25, -0.2) is 4.79 Å². The summed E-state index contributed by atoms with van der Waals surface area (Å²) in [6.45, 7) is 3.20. The number of aromatic hydroxyl groups is 1. The standard InChI is InChI=1S/C18H15NO7/c1-7-4-11(21)10(6-20)15-13(7)17(22)19-14-8(2)12(25-3)5-9(18(23)24)16(14)26-15/h4-6,21H,1-3H3,(H,19,22)(H,23,24). The van der Waals surface area contributed by atoms with Gasteiger partial charge in [-0.3, -0.25) is 9.59 Å². The molecule has 26 heavy (non-hydrogen) atoms. The average molecular weight is 357 g/mol. The number of nitrogens with one attached hydrogen (secondary N) is 1. The summed E-state index contributed by atoms with van der Waals surface area (Å²) in [5, 5.41) is 22.2. The van der Waals surface area contributed by atoms with Crippen LogP contribution < -0.4 is 14.8 Å². The molecule has 1 aliphatic rings. The van der Waals surface area contributed by atoms with E-state index in [9.17, 15) is 24.6 Å². The average Bonchev–Trinajstić information content (AvgIpc) is 2.72. The van der Waals surface area contributed by atoms with Crippen molar-refractivity contribution in [2.75, 3.05) is 12.4 Å². The van der Waals surface area contributed by atoms with E-state index in [-0.39, 0.29) is 45.4 Å². The molecule has 0 radical (unpaired) electrons. The van der Waals surface area contributed by atoms with Gasteiger partial charge in [-0.1, -0.05) is 0 Å². The molecule has 0 saturated heterocycles. The van der Waals surface area contributed by atoms with Gasteiger partial charge in [-0.15, -0.1) is 0 Å². The van der Waals surface area contributed by atoms with Gasteiger partial charge in [0.15, 0.2) is 17.8 Å². The second-order valence-corrected chi connectivity index (χ2v) is 5.77. The molecule has 0 spiro atoms. The third-order valence-corrected chi connectivity index (χ3v) is 4.22. The lowest BCUT2D eigenvalue weighted by Gasteiger charge is -2.17. The SMILES string of the molecule is COc1cc(C(=O)O)c2c(c1C)NC(=O)c1c(C)cc(O)c(C=O)c1O2. The van der Waals surface area contributed by atoms with Crippen molar-refractivity contribution in [3.05, 3.63) is 39.9 Å². The number of phenolic OH excluding ortho intramolecular Hbond substituents is 1. The Morgan fingerprint density at radius 3 is 2.54 bits per heavy atom. The number of aryl methyl sites for hydroxylation is 1. The number of carbonyl (C=O) groups is 3. The molecule has 2 aromatic carbocycles. The molecule has 1 amide bonds. The summed E-state index contributed by atoms with van der Waals surface area (Å²) in [4.78, 5) is 35.8. The maximum absolute atomic E-state index is 12.7. The van der Waals surface area contributed by atoms with Crippen LogP contribution in [-0.2, 0) is 0 Å². The first-order chi connectivity index (χ1) is 12.3. The Morgan fingerprint density at radius 2 is 1.96 bits per heavy atom. The number of ether oxygens (including phenoxy) is 2. The van der Waals surface area contributed by atoms with Crippen LogP contribution in [0.1, 0.15) is 42.2 Å². The smallest absolute Gasteiger partial charge is 0.339 e. The zero-order valence-electron chi connectivity index (χ0n) is 14.2. The first kappa shape index (κ1) is 17.3. The molecular weight excluding hydrogens is 342 g/mol. The minimum absolute atomic E-state index is 0.0378. The molecule has 8 nitrogen and oxygen atoms in total. The van der Waals surface area contributed by atoms with Crippen LogP contribution in [0.3, 0.4) is 0 Å². The number of benzene rings is 2. The van der Waals surface area contributed by atoms with Crippen LogP contribution >= 0.6 is 0 Å². The van der Waals surface area contributed by atoms with Gasteiger partial charge in [0.1, 0.15) is 17.1 Å². The van der Waals surface area contributed by atoms with Crippen LogP contribution in [-0.4, -0.2) is 35.5 Å². The topological polar surface area (TPSA) is 122 Å². The van der Waals surface area contributed by atoms with E-state index >= 15 is 0 Å². The highest BCUT2D eigenvalue weighted by Crippen LogP contribution is 2.46. The number of hydrogen-bond acceptors (Lipinski definition) is 6. The Labute approximate surface area is 148 Å². The van der Waals surface area contributed by atoms with Crippen LogP contribution in [0.15, 0.2) is 12.1 Å². The highest BCUT2D eigenvalue weighted by Gasteiger charge is 2.32.